The van der Waals surface area contributed by atoms with Crippen LogP contribution in [0.2, 0.25) is 0 Å². The Labute approximate surface area is 182 Å². The largest absolute Gasteiger partial charge is 0.378 e. The number of hydrogen-bond acceptors (Lipinski definition) is 6. The van der Waals surface area contributed by atoms with Crippen molar-refractivity contribution < 1.29 is 18.1 Å². The highest BCUT2D eigenvalue weighted by Crippen LogP contribution is 2.38. The number of nitrogens with zero attached hydrogens (tertiary/aromatic N) is 1. The molecule has 0 spiro atoms. The number of benzene rings is 2. The maximum absolute atomic E-state index is 12.9. The molecule has 0 radical (unpaired) electrons. The van der Waals surface area contributed by atoms with E-state index in [0.717, 1.165) is 49.5 Å². The first-order valence-electron chi connectivity index (χ1n) is 10.5. The predicted molar refractivity (Wildman–Crippen MR) is 119 cm³/mol. The molecule has 1 saturated heterocycles. The third-order valence-electron chi connectivity index (χ3n) is 6.22. The minimum atomic E-state index is -3.97. The van der Waals surface area contributed by atoms with Gasteiger partial charge in [0.25, 0.3) is 15.7 Å². The second kappa shape index (κ2) is 8.47. The summed E-state index contributed by atoms with van der Waals surface area (Å²) in [5.74, 6) is 0.322. The van der Waals surface area contributed by atoms with Crippen molar-refractivity contribution in [2.24, 2.45) is 5.92 Å². The molecule has 2 fully saturated rings. The number of rotatable bonds is 6. The Bertz CT molecular complexity index is 1100. The van der Waals surface area contributed by atoms with Crippen molar-refractivity contribution in [1.29, 1.82) is 0 Å². The lowest BCUT2D eigenvalue weighted by atomic mass is 9.81. The van der Waals surface area contributed by atoms with E-state index in [1.54, 1.807) is 6.07 Å². The van der Waals surface area contributed by atoms with Gasteiger partial charge >= 0.3 is 0 Å². The number of sulfonamides is 1. The van der Waals surface area contributed by atoms with Crippen molar-refractivity contribution in [2.75, 3.05) is 16.6 Å². The van der Waals surface area contributed by atoms with Crippen LogP contribution < -0.4 is 10.0 Å². The molecule has 2 aromatic carbocycles. The van der Waals surface area contributed by atoms with Crippen molar-refractivity contribution in [2.45, 2.75) is 56.6 Å². The molecule has 1 saturated carbocycles. The van der Waals surface area contributed by atoms with Gasteiger partial charge in [-0.3, -0.25) is 14.8 Å². The summed E-state index contributed by atoms with van der Waals surface area (Å²) in [5.41, 5.74) is 2.34. The van der Waals surface area contributed by atoms with Crippen LogP contribution in [0.3, 0.4) is 0 Å². The zero-order chi connectivity index (χ0) is 22.2. The van der Waals surface area contributed by atoms with Crippen molar-refractivity contribution in [3.63, 3.8) is 0 Å². The minimum Gasteiger partial charge on any atom is -0.378 e. The predicted octanol–water partition coefficient (Wildman–Crippen LogP) is 4.38. The normalized spacial score (nSPS) is 23.2. The summed E-state index contributed by atoms with van der Waals surface area (Å²) in [6.07, 6.45) is 4.07. The molecular weight excluding hydrogens is 418 g/mol. The van der Waals surface area contributed by atoms with Crippen molar-refractivity contribution in [3.8, 4) is 0 Å². The van der Waals surface area contributed by atoms with Gasteiger partial charge in [0.05, 0.1) is 21.6 Å². The van der Waals surface area contributed by atoms with Crippen LogP contribution in [0.15, 0.2) is 41.3 Å². The fraction of sp³-hybridized carbons (Fsp3) is 0.455. The Kier molecular flexibility index (Phi) is 5.90. The standard InChI is InChI=1S/C22H27N3O5S/c1-14-6-8-18(15(2)12-14)24-31(28,29)16-7-9-20(21(13-16)25(26)27)23-19-4-3-5-22-17(19)10-11-30-22/h6-9,12-13,17,19,22-24H,3-5,10-11H2,1-2H3. The van der Waals surface area contributed by atoms with Gasteiger partial charge in [-0.1, -0.05) is 17.7 Å². The number of nitro benzene ring substituents is 1. The van der Waals surface area contributed by atoms with E-state index in [-0.39, 0.29) is 22.7 Å². The van der Waals surface area contributed by atoms with Gasteiger partial charge in [-0.05, 0) is 63.3 Å². The molecule has 2 aliphatic rings. The van der Waals surface area contributed by atoms with E-state index < -0.39 is 14.9 Å². The Morgan fingerprint density at radius 3 is 2.58 bits per heavy atom. The molecule has 3 atom stereocenters. The third kappa shape index (κ3) is 4.52. The van der Waals surface area contributed by atoms with Crippen LogP contribution in [-0.4, -0.2) is 32.1 Å². The van der Waals surface area contributed by atoms with Crippen LogP contribution in [-0.2, 0) is 14.8 Å². The average molecular weight is 446 g/mol. The van der Waals surface area contributed by atoms with Gasteiger partial charge in [-0.2, -0.15) is 0 Å². The average Bonchev–Trinajstić information content (AvgIpc) is 3.20. The van der Waals surface area contributed by atoms with E-state index in [1.807, 2.05) is 26.0 Å². The van der Waals surface area contributed by atoms with E-state index >= 15 is 0 Å². The molecule has 2 N–H and O–H groups in total. The lowest BCUT2D eigenvalue weighted by molar-refractivity contribution is -0.384. The molecule has 3 unspecified atom stereocenters. The second-order valence-corrected chi connectivity index (χ2v) is 10.1. The molecular formula is C22H27N3O5S. The maximum atomic E-state index is 12.9. The maximum Gasteiger partial charge on any atom is 0.293 e. The Hall–Kier alpha value is -2.65. The van der Waals surface area contributed by atoms with E-state index in [1.165, 1.54) is 12.1 Å². The highest BCUT2D eigenvalue weighted by Gasteiger charge is 2.38. The quantitative estimate of drug-likeness (QED) is 0.504. The van der Waals surface area contributed by atoms with Gasteiger partial charge in [0.1, 0.15) is 5.69 Å². The molecule has 9 heteroatoms. The topological polar surface area (TPSA) is 111 Å². The van der Waals surface area contributed by atoms with Crippen LogP contribution in [0, 0.1) is 29.9 Å². The number of hydrogen-bond donors (Lipinski definition) is 2. The summed E-state index contributed by atoms with van der Waals surface area (Å²) in [6, 6.07) is 9.48. The minimum absolute atomic E-state index is 0.0794. The molecule has 0 amide bonds. The van der Waals surface area contributed by atoms with Gasteiger partial charge < -0.3 is 10.1 Å². The molecule has 31 heavy (non-hydrogen) atoms. The van der Waals surface area contributed by atoms with Gasteiger partial charge in [0.15, 0.2) is 0 Å². The van der Waals surface area contributed by atoms with E-state index in [2.05, 4.69) is 10.0 Å². The number of ether oxygens (including phenoxy) is 1. The highest BCUT2D eigenvalue weighted by molar-refractivity contribution is 7.92. The molecule has 4 rings (SSSR count). The third-order valence-corrected chi connectivity index (χ3v) is 7.59. The smallest absolute Gasteiger partial charge is 0.293 e. The first-order valence-corrected chi connectivity index (χ1v) is 12.0. The molecule has 0 bridgehead atoms. The van der Waals surface area contributed by atoms with Crippen LogP contribution in [0.1, 0.15) is 36.8 Å². The summed E-state index contributed by atoms with van der Waals surface area (Å²) in [7, 11) is -3.97. The van der Waals surface area contributed by atoms with E-state index in [9.17, 15) is 18.5 Å². The number of aryl methyl sites for hydroxylation is 2. The van der Waals surface area contributed by atoms with Crippen LogP contribution in [0.5, 0.6) is 0 Å². The lowest BCUT2D eigenvalue weighted by Gasteiger charge is -2.33. The molecule has 0 aromatic heterocycles. The summed E-state index contributed by atoms with van der Waals surface area (Å²) in [4.78, 5) is 11.1. The van der Waals surface area contributed by atoms with Crippen molar-refractivity contribution in [3.05, 3.63) is 57.6 Å². The fourth-order valence-corrected chi connectivity index (χ4v) is 5.79. The fourth-order valence-electron chi connectivity index (χ4n) is 4.64. The van der Waals surface area contributed by atoms with Crippen LogP contribution in [0.4, 0.5) is 17.1 Å². The lowest BCUT2D eigenvalue weighted by Crippen LogP contribution is -2.38. The zero-order valence-corrected chi connectivity index (χ0v) is 18.4. The summed E-state index contributed by atoms with van der Waals surface area (Å²) in [5, 5.41) is 15.1. The highest BCUT2D eigenvalue weighted by atomic mass is 32.2. The monoisotopic (exact) mass is 445 g/mol. The second-order valence-electron chi connectivity index (χ2n) is 8.40. The Morgan fingerprint density at radius 2 is 1.84 bits per heavy atom. The molecule has 8 nitrogen and oxygen atoms in total. The summed E-state index contributed by atoms with van der Waals surface area (Å²) >= 11 is 0. The number of nitro groups is 1. The van der Waals surface area contributed by atoms with E-state index in [0.29, 0.717) is 17.3 Å². The summed E-state index contributed by atoms with van der Waals surface area (Å²) < 4.78 is 34.1. The number of fused-ring (bicyclic) bond motifs is 1. The van der Waals surface area contributed by atoms with Gasteiger partial charge in [-0.25, -0.2) is 8.42 Å². The molecule has 166 valence electrons. The summed E-state index contributed by atoms with van der Waals surface area (Å²) in [6.45, 7) is 4.45. The number of anilines is 2. The SMILES string of the molecule is Cc1ccc(NS(=O)(=O)c2ccc(NC3CCCC4OCCC34)c([N+](=O)[O-])c2)c(C)c1. The van der Waals surface area contributed by atoms with Gasteiger partial charge in [0, 0.05) is 24.6 Å². The van der Waals surface area contributed by atoms with Crippen molar-refractivity contribution in [1.82, 2.24) is 0 Å². The van der Waals surface area contributed by atoms with Gasteiger partial charge in [0.2, 0.25) is 0 Å². The molecule has 1 aliphatic heterocycles. The van der Waals surface area contributed by atoms with Gasteiger partial charge in [-0.15, -0.1) is 0 Å². The van der Waals surface area contributed by atoms with Crippen molar-refractivity contribution >= 4 is 27.1 Å². The Morgan fingerprint density at radius 1 is 1.06 bits per heavy atom. The van der Waals surface area contributed by atoms with Crippen LogP contribution in [0.25, 0.3) is 0 Å². The number of nitrogens with one attached hydrogen (secondary N) is 2. The Balaban J connectivity index is 1.60. The molecule has 1 heterocycles. The first-order chi connectivity index (χ1) is 14.7. The molecule has 1 aliphatic carbocycles. The zero-order valence-electron chi connectivity index (χ0n) is 17.6. The molecule has 2 aromatic rings. The first kappa shape index (κ1) is 21.6. The van der Waals surface area contributed by atoms with E-state index in [4.69, 9.17) is 4.74 Å². The van der Waals surface area contributed by atoms with Crippen LogP contribution >= 0.6 is 0 Å².